The third-order valence-electron chi connectivity index (χ3n) is 8.32. The van der Waals surface area contributed by atoms with Crippen molar-refractivity contribution in [3.63, 3.8) is 0 Å². The van der Waals surface area contributed by atoms with Gasteiger partial charge in [-0.05, 0) is 68.9 Å². The maximum Gasteiger partial charge on any atom is 0.160 e. The highest BCUT2D eigenvalue weighted by molar-refractivity contribution is 5.97. The number of H-pyrrole nitrogens is 2. The second-order valence-corrected chi connectivity index (χ2v) is 11.8. The molecule has 1 fully saturated rings. The molecule has 0 radical (unpaired) electrons. The van der Waals surface area contributed by atoms with Gasteiger partial charge in [0.2, 0.25) is 0 Å². The molecule has 0 amide bonds. The SMILES string of the molecule is CN(C)CCNc1cc(F)cc(-c2ccnc3[nH]c(-c4n[nH]c5cc(F)c(-c6cncc(NC(O)C7CCC7)c6)cc45)nc23)c1. The molecule has 7 rings (SSSR count). The van der Waals surface area contributed by atoms with Crippen molar-refractivity contribution in [1.82, 2.24) is 35.0 Å². The average molecular weight is 610 g/mol. The van der Waals surface area contributed by atoms with Gasteiger partial charge in [0.15, 0.2) is 11.5 Å². The minimum absolute atomic E-state index is 0.210. The lowest BCUT2D eigenvalue weighted by atomic mass is 9.84. The Kier molecular flexibility index (Phi) is 7.60. The molecule has 0 aliphatic heterocycles. The van der Waals surface area contributed by atoms with Crippen LogP contribution >= 0.6 is 0 Å². The number of fused-ring (bicyclic) bond motifs is 2. The van der Waals surface area contributed by atoms with Gasteiger partial charge in [-0.15, -0.1) is 0 Å². The fourth-order valence-corrected chi connectivity index (χ4v) is 5.68. The van der Waals surface area contributed by atoms with Gasteiger partial charge in [-0.2, -0.15) is 5.10 Å². The van der Waals surface area contributed by atoms with Crippen molar-refractivity contribution in [2.45, 2.75) is 25.5 Å². The summed E-state index contributed by atoms with van der Waals surface area (Å²) in [4.78, 5) is 18.9. The third kappa shape index (κ3) is 5.81. The predicted molar refractivity (Wildman–Crippen MR) is 172 cm³/mol. The van der Waals surface area contributed by atoms with Crippen molar-refractivity contribution in [2.75, 3.05) is 37.8 Å². The predicted octanol–water partition coefficient (Wildman–Crippen LogP) is 6.01. The summed E-state index contributed by atoms with van der Waals surface area (Å²) in [5, 5.41) is 24.9. The molecule has 10 nitrogen and oxygen atoms in total. The van der Waals surface area contributed by atoms with E-state index in [0.29, 0.717) is 73.8 Å². The molecular formula is C33H33F2N9O. The number of hydrogen-bond acceptors (Lipinski definition) is 8. The zero-order valence-corrected chi connectivity index (χ0v) is 24.9. The zero-order chi connectivity index (χ0) is 31.1. The molecule has 0 saturated heterocycles. The number of nitrogens with one attached hydrogen (secondary N) is 4. The first-order valence-corrected chi connectivity index (χ1v) is 14.9. The van der Waals surface area contributed by atoms with E-state index in [9.17, 15) is 9.50 Å². The molecular weight excluding hydrogens is 576 g/mol. The zero-order valence-electron chi connectivity index (χ0n) is 24.9. The Hall–Kier alpha value is -4.94. The highest BCUT2D eigenvalue weighted by Gasteiger charge is 2.26. The molecule has 1 atom stereocenters. The van der Waals surface area contributed by atoms with Crippen LogP contribution in [0.4, 0.5) is 20.2 Å². The molecule has 45 heavy (non-hydrogen) atoms. The number of aliphatic hydroxyl groups excluding tert-OH is 1. The number of aromatic amines is 2. The topological polar surface area (TPSA) is 131 Å². The van der Waals surface area contributed by atoms with Crippen molar-refractivity contribution < 1.29 is 13.9 Å². The molecule has 4 heterocycles. The summed E-state index contributed by atoms with van der Waals surface area (Å²) in [5.41, 5.74) is 5.62. The van der Waals surface area contributed by atoms with E-state index in [2.05, 4.69) is 40.7 Å². The molecule has 1 aliphatic rings. The van der Waals surface area contributed by atoms with Gasteiger partial charge in [0.1, 0.15) is 29.1 Å². The van der Waals surface area contributed by atoms with Crippen LogP contribution in [0.1, 0.15) is 19.3 Å². The van der Waals surface area contributed by atoms with Crippen LogP contribution in [0.5, 0.6) is 0 Å². The normalized spacial score (nSPS) is 14.3. The summed E-state index contributed by atoms with van der Waals surface area (Å²) in [6.45, 7) is 1.47. The second-order valence-electron chi connectivity index (χ2n) is 11.8. The summed E-state index contributed by atoms with van der Waals surface area (Å²) in [6, 6.07) is 11.5. The molecule has 4 aromatic heterocycles. The largest absolute Gasteiger partial charge is 0.384 e. The standard InChI is InChI=1S/C33H33F2N9O/c1-44(2)9-8-37-22-11-19(10-21(34)13-22)24-6-7-38-31-29(24)40-32(41-31)30-26-14-25(27(35)15-28(26)42-43-30)20-12-23(17-36-16-20)39-33(45)18-4-3-5-18/h6-7,10-18,33,37,39,45H,3-5,8-9H2,1-2H3,(H,42,43)(H,38,40,41). The Labute approximate surface area is 257 Å². The molecule has 6 aromatic rings. The smallest absolute Gasteiger partial charge is 0.160 e. The van der Waals surface area contributed by atoms with Crippen LogP contribution in [0, 0.1) is 17.6 Å². The number of imidazole rings is 1. The Morgan fingerprint density at radius 2 is 1.87 bits per heavy atom. The average Bonchev–Trinajstić information content (AvgIpc) is 3.59. The van der Waals surface area contributed by atoms with E-state index < -0.39 is 12.0 Å². The number of likely N-dealkylation sites (N-methyl/N-ethyl adjacent to an activating group) is 1. The minimum atomic E-state index is -0.673. The van der Waals surface area contributed by atoms with Crippen molar-refractivity contribution >= 4 is 33.4 Å². The second kappa shape index (κ2) is 11.9. The molecule has 1 unspecified atom stereocenters. The highest BCUT2D eigenvalue weighted by atomic mass is 19.1. The van der Waals surface area contributed by atoms with Gasteiger partial charge < -0.3 is 25.6 Å². The van der Waals surface area contributed by atoms with E-state index in [1.807, 2.05) is 20.2 Å². The van der Waals surface area contributed by atoms with Gasteiger partial charge in [0.25, 0.3) is 0 Å². The van der Waals surface area contributed by atoms with Gasteiger partial charge in [-0.25, -0.2) is 18.7 Å². The van der Waals surface area contributed by atoms with Crippen LogP contribution in [0.15, 0.2) is 61.1 Å². The van der Waals surface area contributed by atoms with Crippen LogP contribution in [-0.4, -0.2) is 73.6 Å². The first-order chi connectivity index (χ1) is 21.8. The minimum Gasteiger partial charge on any atom is -0.384 e. The van der Waals surface area contributed by atoms with Gasteiger partial charge in [0, 0.05) is 65.2 Å². The van der Waals surface area contributed by atoms with Gasteiger partial charge >= 0.3 is 0 Å². The Morgan fingerprint density at radius 3 is 2.67 bits per heavy atom. The Morgan fingerprint density at radius 1 is 1.02 bits per heavy atom. The summed E-state index contributed by atoms with van der Waals surface area (Å²) in [5.74, 6) is -0.154. The lowest BCUT2D eigenvalue weighted by Gasteiger charge is -2.31. The summed E-state index contributed by atoms with van der Waals surface area (Å²) < 4.78 is 30.1. The first kappa shape index (κ1) is 28.8. The van der Waals surface area contributed by atoms with Crippen molar-refractivity contribution in [2.24, 2.45) is 5.92 Å². The Balaban J connectivity index is 1.23. The molecule has 5 N–H and O–H groups in total. The maximum atomic E-state index is 15.4. The van der Waals surface area contributed by atoms with Gasteiger partial charge in [-0.1, -0.05) is 6.42 Å². The summed E-state index contributed by atoms with van der Waals surface area (Å²) in [7, 11) is 3.97. The summed E-state index contributed by atoms with van der Waals surface area (Å²) in [6.07, 6.45) is 7.25. The van der Waals surface area contributed by atoms with Crippen LogP contribution in [0.25, 0.3) is 55.8 Å². The molecule has 12 heteroatoms. The lowest BCUT2D eigenvalue weighted by Crippen LogP contribution is -2.33. The quantitative estimate of drug-likeness (QED) is 0.119. The number of anilines is 2. The maximum absolute atomic E-state index is 15.4. The number of nitrogens with zero attached hydrogens (tertiary/aromatic N) is 5. The van der Waals surface area contributed by atoms with Crippen LogP contribution < -0.4 is 10.6 Å². The number of benzene rings is 2. The van der Waals surface area contributed by atoms with E-state index in [1.54, 1.807) is 36.8 Å². The van der Waals surface area contributed by atoms with Gasteiger partial charge in [0.05, 0.1) is 17.4 Å². The fourth-order valence-electron chi connectivity index (χ4n) is 5.68. The van der Waals surface area contributed by atoms with Gasteiger partial charge in [-0.3, -0.25) is 10.1 Å². The van der Waals surface area contributed by atoms with Crippen LogP contribution in [0.3, 0.4) is 0 Å². The van der Waals surface area contributed by atoms with Crippen LogP contribution in [0.2, 0.25) is 0 Å². The third-order valence-corrected chi connectivity index (χ3v) is 8.32. The van der Waals surface area contributed by atoms with Crippen LogP contribution in [-0.2, 0) is 0 Å². The molecule has 2 aromatic carbocycles. The molecule has 0 spiro atoms. The monoisotopic (exact) mass is 609 g/mol. The van der Waals surface area contributed by atoms with Crippen molar-refractivity contribution in [3.8, 4) is 33.8 Å². The lowest BCUT2D eigenvalue weighted by molar-refractivity contribution is 0.0851. The fraction of sp³-hybridized carbons (Fsp3) is 0.273. The van der Waals surface area contributed by atoms with E-state index in [0.717, 1.165) is 25.8 Å². The molecule has 230 valence electrons. The van der Waals surface area contributed by atoms with E-state index in [1.165, 1.54) is 18.2 Å². The van der Waals surface area contributed by atoms with E-state index in [4.69, 9.17) is 4.98 Å². The summed E-state index contributed by atoms with van der Waals surface area (Å²) >= 11 is 0. The number of aromatic nitrogens is 6. The van der Waals surface area contributed by atoms with Crippen molar-refractivity contribution in [3.05, 3.63) is 72.7 Å². The number of pyridine rings is 2. The van der Waals surface area contributed by atoms with E-state index >= 15 is 4.39 Å². The number of halogens is 2. The molecule has 1 saturated carbocycles. The molecule has 1 aliphatic carbocycles. The highest BCUT2D eigenvalue weighted by Crippen LogP contribution is 2.35. The number of rotatable bonds is 10. The van der Waals surface area contributed by atoms with E-state index in [-0.39, 0.29) is 11.7 Å². The Bertz CT molecular complexity index is 2000. The van der Waals surface area contributed by atoms with Crippen molar-refractivity contribution in [1.29, 1.82) is 0 Å². The number of hydrogen-bond donors (Lipinski definition) is 5. The number of aliphatic hydroxyl groups is 1. The first-order valence-electron chi connectivity index (χ1n) is 14.9. The molecule has 0 bridgehead atoms.